The first-order valence-corrected chi connectivity index (χ1v) is 31.4. The summed E-state index contributed by atoms with van der Waals surface area (Å²) in [5, 5.41) is 0. The summed E-state index contributed by atoms with van der Waals surface area (Å²) in [6.45, 7) is 0. The van der Waals surface area contributed by atoms with Crippen LogP contribution in [0.2, 0.25) is 0 Å². The van der Waals surface area contributed by atoms with E-state index in [0.29, 0.717) is 0 Å². The maximum atomic E-state index is 1.56. The second kappa shape index (κ2) is 24.7. The van der Waals surface area contributed by atoms with Gasteiger partial charge in [-0.15, -0.1) is 0 Å². The lowest BCUT2D eigenvalue weighted by Gasteiger charge is -2.49. The molecule has 14 saturated carbocycles. The van der Waals surface area contributed by atoms with Gasteiger partial charge < -0.3 is 0 Å². The van der Waals surface area contributed by atoms with Crippen molar-refractivity contribution in [1.82, 2.24) is 0 Å². The van der Waals surface area contributed by atoms with Crippen LogP contribution >= 0.6 is 0 Å². The molecule has 0 radical (unpaired) electrons. The molecule has 0 heterocycles. The van der Waals surface area contributed by atoms with Gasteiger partial charge in [0, 0.05) is 0 Å². The maximum absolute atomic E-state index is 1.56. The van der Waals surface area contributed by atoms with Crippen molar-refractivity contribution >= 4 is 0 Å². The van der Waals surface area contributed by atoms with E-state index in [-0.39, 0.29) is 0 Å². The Morgan fingerprint density at radius 2 is 0.156 bits per heavy atom. The highest BCUT2D eigenvalue weighted by Crippen LogP contribution is 2.57. The Morgan fingerprint density at radius 1 is 0.0781 bits per heavy atom. The highest BCUT2D eigenvalue weighted by atomic mass is 14.5. The first-order chi connectivity index (χ1) is 31.4. The summed E-state index contributed by atoms with van der Waals surface area (Å²) in [7, 11) is 0. The van der Waals surface area contributed by atoms with E-state index in [9.17, 15) is 0 Å². The van der Waals surface area contributed by atoms with Crippen LogP contribution in [0.15, 0.2) is 0 Å². The van der Waals surface area contributed by atoms with Crippen LogP contribution in [-0.2, 0) is 0 Å². The van der Waals surface area contributed by atoms with Crippen molar-refractivity contribution in [1.29, 1.82) is 0 Å². The van der Waals surface area contributed by atoms with Crippen LogP contribution in [0.5, 0.6) is 0 Å². The van der Waals surface area contributed by atoms with Crippen LogP contribution in [0.3, 0.4) is 0 Å². The minimum Gasteiger partial charge on any atom is -0.0533 e. The summed E-state index contributed by atoms with van der Waals surface area (Å²) in [6, 6.07) is 0. The van der Waals surface area contributed by atoms with Gasteiger partial charge in [0.2, 0.25) is 0 Å². The lowest BCUT2D eigenvalue weighted by molar-refractivity contribution is 0.0314. The Kier molecular flexibility index (Phi) is 19.5. The van der Waals surface area contributed by atoms with Crippen LogP contribution in [0.4, 0.5) is 0 Å². The third-order valence-electron chi connectivity index (χ3n) is 23.5. The Bertz CT molecular complexity index is 1180. The minimum atomic E-state index is 0.858. The first-order valence-electron chi connectivity index (χ1n) is 31.4. The van der Waals surface area contributed by atoms with Crippen molar-refractivity contribution in [2.24, 2.45) is 37.9 Å². The van der Waals surface area contributed by atoms with E-state index in [2.05, 4.69) is 0 Å². The maximum Gasteiger partial charge on any atom is -0.0297 e. The zero-order valence-electron chi connectivity index (χ0n) is 43.8. The van der Waals surface area contributed by atoms with Gasteiger partial charge in [0.05, 0.1) is 0 Å². The zero-order chi connectivity index (χ0) is 43.8. The van der Waals surface area contributed by atoms with Gasteiger partial charge in [-0.2, -0.15) is 0 Å². The van der Waals surface area contributed by atoms with Gasteiger partial charge in [-0.25, -0.2) is 0 Å². The Balaban J connectivity index is 0.000000102. The fourth-order valence-corrected chi connectivity index (χ4v) is 18.1. The van der Waals surface area contributed by atoms with E-state index in [1.807, 2.05) is 0 Å². The largest absolute Gasteiger partial charge is 0.0533 e. The van der Waals surface area contributed by atoms with Gasteiger partial charge >= 0.3 is 0 Å². The molecule has 0 nitrogen and oxygen atoms in total. The highest BCUT2D eigenvalue weighted by molar-refractivity contribution is 4.95. The van der Waals surface area contributed by atoms with Gasteiger partial charge in [-0.3, -0.25) is 0 Å². The molecule has 14 aliphatic rings. The molecule has 64 heavy (non-hydrogen) atoms. The molecule has 7 spiro atoms. The quantitative estimate of drug-likeness (QED) is 0.227. The standard InChI is InChI=1S/C11H20.2C10H18.2C9H16.C8H14.C7H12/c1-2-4-8-11(7-3-1)9-5-6-10-11;1-2-6-10(7-3-1)8-4-5-9-10;1-2-4-7-10(6-3-1)8-5-9-10;1-2-6-9(5-1)7-3-4-8-9;1-2-5-9(6-3-1)7-4-8-9;1-2-5-8(4-1)6-3-7-8;1-3-7(4-1)5-2-6-7/h1-10H2;2*1-9H2;2*1-8H2;1-7H2;1-6H2. The molecule has 0 aromatic heterocycles. The average Bonchev–Trinajstić information content (AvgIpc) is 4.12. The monoisotopic (exact) mass is 883 g/mol. The van der Waals surface area contributed by atoms with E-state index in [4.69, 9.17) is 0 Å². The first kappa shape index (κ1) is 50.4. The van der Waals surface area contributed by atoms with E-state index < -0.39 is 0 Å². The molecule has 370 valence electrons. The number of rotatable bonds is 0. The average molecular weight is 884 g/mol. The summed E-state index contributed by atoms with van der Waals surface area (Å²) in [6.07, 6.45) is 88.0. The van der Waals surface area contributed by atoms with Crippen molar-refractivity contribution in [2.45, 2.75) is 366 Å². The van der Waals surface area contributed by atoms with Crippen molar-refractivity contribution in [3.05, 3.63) is 0 Å². The van der Waals surface area contributed by atoms with Gasteiger partial charge in [-0.05, 0) is 218 Å². The summed E-state index contributed by atoms with van der Waals surface area (Å²) in [5.41, 5.74) is 6.27. The summed E-state index contributed by atoms with van der Waals surface area (Å²) in [4.78, 5) is 0. The second-order valence-electron chi connectivity index (χ2n) is 27.8. The Morgan fingerprint density at radius 3 is 0.250 bits per heavy atom. The molecule has 0 atom stereocenters. The third-order valence-corrected chi connectivity index (χ3v) is 23.5. The topological polar surface area (TPSA) is 0 Å². The molecule has 0 aromatic rings. The van der Waals surface area contributed by atoms with Crippen molar-refractivity contribution in [3.8, 4) is 0 Å². The normalized spacial score (nSPS) is 31.9. The predicted molar refractivity (Wildman–Crippen MR) is 280 cm³/mol. The van der Waals surface area contributed by atoms with Gasteiger partial charge in [-0.1, -0.05) is 186 Å². The molecule has 0 amide bonds. The summed E-state index contributed by atoms with van der Waals surface area (Å²) < 4.78 is 0. The SMILES string of the molecule is C1CC2(C1)CCC2.C1CCC2(C1)CCC2.C1CCC2(C1)CCCC2.C1CCC2(CC1)CCC2.C1CCC2(CC1)CCCC2.C1CCCC2(CC1)CCC2.C1CCCC2(CC1)CCCC2. The lowest BCUT2D eigenvalue weighted by atomic mass is 9.56. The smallest absolute Gasteiger partial charge is 0.0297 e. The predicted octanol–water partition coefficient (Wildman–Crippen LogP) is 22.2. The van der Waals surface area contributed by atoms with E-state index >= 15 is 0 Å². The molecule has 0 heteroatoms. The fourth-order valence-electron chi connectivity index (χ4n) is 18.1. The van der Waals surface area contributed by atoms with Crippen LogP contribution in [0.1, 0.15) is 366 Å². The van der Waals surface area contributed by atoms with Crippen LogP contribution in [0.25, 0.3) is 0 Å². The van der Waals surface area contributed by atoms with Crippen molar-refractivity contribution < 1.29 is 0 Å². The van der Waals surface area contributed by atoms with Crippen LogP contribution < -0.4 is 0 Å². The molecule has 14 aliphatic carbocycles. The summed E-state index contributed by atoms with van der Waals surface area (Å²) >= 11 is 0. The fraction of sp³-hybridized carbons (Fsp3) is 1.00. The van der Waals surface area contributed by atoms with Gasteiger partial charge in [0.25, 0.3) is 0 Å². The third kappa shape index (κ3) is 14.3. The lowest BCUT2D eigenvalue weighted by Crippen LogP contribution is -2.35. The number of hydrogen-bond donors (Lipinski definition) is 0. The van der Waals surface area contributed by atoms with E-state index in [1.54, 1.807) is 180 Å². The van der Waals surface area contributed by atoms with Gasteiger partial charge in [0.1, 0.15) is 0 Å². The van der Waals surface area contributed by atoms with Crippen molar-refractivity contribution in [2.75, 3.05) is 0 Å². The van der Waals surface area contributed by atoms with Crippen LogP contribution in [-0.4, -0.2) is 0 Å². The molecular formula is C64H114. The molecule has 0 aromatic carbocycles. The molecule has 0 saturated heterocycles. The Labute approximate surface area is 402 Å². The summed E-state index contributed by atoms with van der Waals surface area (Å²) in [5.74, 6) is 0. The van der Waals surface area contributed by atoms with E-state index in [1.165, 1.54) is 186 Å². The molecule has 0 bridgehead atoms. The highest BCUT2D eigenvalue weighted by Gasteiger charge is 2.42. The molecule has 0 N–H and O–H groups in total. The van der Waals surface area contributed by atoms with Gasteiger partial charge in [0.15, 0.2) is 0 Å². The molecular weight excluding hydrogens is 769 g/mol. The molecule has 0 aliphatic heterocycles. The second-order valence-corrected chi connectivity index (χ2v) is 27.8. The van der Waals surface area contributed by atoms with E-state index in [0.717, 1.165) is 37.9 Å². The van der Waals surface area contributed by atoms with Crippen molar-refractivity contribution in [3.63, 3.8) is 0 Å². The molecule has 14 fully saturated rings. The molecule has 14 rings (SSSR count). The number of hydrogen-bond acceptors (Lipinski definition) is 0. The zero-order valence-corrected chi connectivity index (χ0v) is 43.8. The Hall–Kier alpha value is 0. The van der Waals surface area contributed by atoms with Crippen LogP contribution in [0, 0.1) is 37.9 Å². The minimum absolute atomic E-state index is 0.858. The molecule has 0 unspecified atom stereocenters.